The first kappa shape index (κ1) is 16.3. The molecule has 1 saturated heterocycles. The summed E-state index contributed by atoms with van der Waals surface area (Å²) in [4.78, 5) is 19.1. The number of amides is 1. The van der Waals surface area contributed by atoms with Gasteiger partial charge in [-0.25, -0.2) is 0 Å². The zero-order valence-electron chi connectivity index (χ0n) is 15.2. The lowest BCUT2D eigenvalue weighted by Gasteiger charge is -2.11. The summed E-state index contributed by atoms with van der Waals surface area (Å²) in [5.41, 5.74) is 9.13. The van der Waals surface area contributed by atoms with Gasteiger partial charge in [0, 0.05) is 43.4 Å². The largest absolute Gasteiger partial charge is 0.431 e. The summed E-state index contributed by atoms with van der Waals surface area (Å²) in [7, 11) is 1.90. The first-order valence-electron chi connectivity index (χ1n) is 9.31. The van der Waals surface area contributed by atoms with E-state index in [0.29, 0.717) is 18.5 Å². The molecule has 8 heteroatoms. The van der Waals surface area contributed by atoms with Crippen molar-refractivity contribution in [3.05, 3.63) is 35.9 Å². The average molecular weight is 366 g/mol. The third-order valence-electron chi connectivity index (χ3n) is 5.28. The molecule has 1 aliphatic carbocycles. The molecule has 5 rings (SSSR count). The van der Waals surface area contributed by atoms with Crippen LogP contribution in [-0.4, -0.2) is 39.8 Å². The number of nitrogens with zero attached hydrogens (tertiary/aromatic N) is 4. The van der Waals surface area contributed by atoms with E-state index in [4.69, 9.17) is 10.2 Å². The number of anilines is 2. The number of oxazole rings is 1. The third kappa shape index (κ3) is 3.06. The summed E-state index contributed by atoms with van der Waals surface area (Å²) in [6.45, 7) is 1.50. The molecule has 1 aliphatic heterocycles. The van der Waals surface area contributed by atoms with Crippen molar-refractivity contribution in [1.82, 2.24) is 14.8 Å². The van der Waals surface area contributed by atoms with Gasteiger partial charge in [0.15, 0.2) is 5.69 Å². The van der Waals surface area contributed by atoms with Crippen LogP contribution in [0.2, 0.25) is 0 Å². The molecule has 1 amide bonds. The Balaban J connectivity index is 1.40. The number of aromatic nitrogens is 3. The molecular formula is C19H22N6O2. The number of aryl methyl sites for hydroxylation is 1. The highest BCUT2D eigenvalue weighted by Gasteiger charge is 2.28. The van der Waals surface area contributed by atoms with Gasteiger partial charge in [-0.15, -0.1) is 0 Å². The van der Waals surface area contributed by atoms with Crippen LogP contribution in [-0.2, 0) is 7.05 Å². The second-order valence-electron chi connectivity index (χ2n) is 7.54. The van der Waals surface area contributed by atoms with Crippen molar-refractivity contribution >= 4 is 28.5 Å². The highest BCUT2D eigenvalue weighted by atomic mass is 16.4. The lowest BCUT2D eigenvalue weighted by Crippen LogP contribution is -2.26. The molecule has 0 bridgehead atoms. The van der Waals surface area contributed by atoms with Crippen LogP contribution in [0.3, 0.4) is 0 Å². The SMILES string of the molecule is Cn1cc2cc(NC(=O)c3coc(N4CC[C@H](N)C4)n3)c(C3CC3)cc2n1. The van der Waals surface area contributed by atoms with Gasteiger partial charge in [-0.1, -0.05) is 0 Å². The van der Waals surface area contributed by atoms with Gasteiger partial charge in [-0.2, -0.15) is 10.1 Å². The van der Waals surface area contributed by atoms with Crippen molar-refractivity contribution in [2.24, 2.45) is 12.8 Å². The Hall–Kier alpha value is -2.87. The molecule has 2 aliphatic rings. The fourth-order valence-corrected chi connectivity index (χ4v) is 3.71. The molecule has 140 valence electrons. The Kier molecular flexibility index (Phi) is 3.68. The van der Waals surface area contributed by atoms with Crippen LogP contribution in [0.15, 0.2) is 29.0 Å². The van der Waals surface area contributed by atoms with Crippen molar-refractivity contribution in [3.8, 4) is 0 Å². The highest BCUT2D eigenvalue weighted by Crippen LogP contribution is 2.44. The van der Waals surface area contributed by atoms with Gasteiger partial charge in [-0.3, -0.25) is 9.48 Å². The molecule has 0 spiro atoms. The van der Waals surface area contributed by atoms with E-state index in [9.17, 15) is 4.79 Å². The zero-order chi connectivity index (χ0) is 18.5. The number of benzene rings is 1. The number of carbonyl (C=O) groups excluding carboxylic acids is 1. The van der Waals surface area contributed by atoms with Crippen molar-refractivity contribution in [1.29, 1.82) is 0 Å². The normalized spacial score (nSPS) is 19.8. The summed E-state index contributed by atoms with van der Waals surface area (Å²) in [6, 6.07) is 4.66. The smallest absolute Gasteiger partial charge is 0.298 e. The average Bonchev–Trinajstić information content (AvgIpc) is 3.03. The highest BCUT2D eigenvalue weighted by molar-refractivity contribution is 6.04. The van der Waals surface area contributed by atoms with Crippen LogP contribution in [0.25, 0.3) is 10.9 Å². The molecule has 2 aromatic heterocycles. The van der Waals surface area contributed by atoms with E-state index in [1.54, 1.807) is 4.68 Å². The first-order chi connectivity index (χ1) is 13.1. The topological polar surface area (TPSA) is 102 Å². The second-order valence-corrected chi connectivity index (χ2v) is 7.54. The van der Waals surface area contributed by atoms with E-state index in [2.05, 4.69) is 21.5 Å². The Labute approximate surface area is 156 Å². The maximum atomic E-state index is 12.7. The van der Waals surface area contributed by atoms with Gasteiger partial charge in [0.2, 0.25) is 0 Å². The van der Waals surface area contributed by atoms with Gasteiger partial charge in [0.25, 0.3) is 11.9 Å². The standard InChI is InChI=1S/C19H22N6O2/c1-24-8-12-6-16(14(11-2-3-11)7-15(12)23-24)21-18(26)17-10-27-19(22-17)25-5-4-13(20)9-25/h6-8,10-11,13H,2-5,9,20H2,1H3,(H,21,26)/t13-/m0/s1. The number of rotatable bonds is 4. The number of hydrogen-bond acceptors (Lipinski definition) is 6. The number of fused-ring (bicyclic) bond motifs is 1. The molecule has 3 N–H and O–H groups in total. The van der Waals surface area contributed by atoms with Gasteiger partial charge in [0.05, 0.1) is 5.52 Å². The lowest BCUT2D eigenvalue weighted by atomic mass is 10.1. The monoisotopic (exact) mass is 366 g/mol. The van der Waals surface area contributed by atoms with Gasteiger partial charge in [-0.05, 0) is 42.9 Å². The van der Waals surface area contributed by atoms with Crippen molar-refractivity contribution < 1.29 is 9.21 Å². The molecule has 2 fully saturated rings. The molecular weight excluding hydrogens is 344 g/mol. The molecule has 8 nitrogen and oxygen atoms in total. The Morgan fingerprint density at radius 1 is 1.33 bits per heavy atom. The van der Waals surface area contributed by atoms with Crippen LogP contribution in [0, 0.1) is 0 Å². The predicted molar refractivity (Wildman–Crippen MR) is 102 cm³/mol. The van der Waals surface area contributed by atoms with Crippen molar-refractivity contribution in [2.45, 2.75) is 31.2 Å². The summed E-state index contributed by atoms with van der Waals surface area (Å²) in [6.07, 6.45) is 6.55. The molecule has 1 aromatic carbocycles. The summed E-state index contributed by atoms with van der Waals surface area (Å²) >= 11 is 0. The minimum atomic E-state index is -0.265. The number of hydrogen-bond donors (Lipinski definition) is 2. The zero-order valence-corrected chi connectivity index (χ0v) is 15.2. The fraction of sp³-hybridized carbons (Fsp3) is 0.421. The Bertz CT molecular complexity index is 1020. The summed E-state index contributed by atoms with van der Waals surface area (Å²) < 4.78 is 7.29. The fourth-order valence-electron chi connectivity index (χ4n) is 3.71. The van der Waals surface area contributed by atoms with Crippen LogP contribution < -0.4 is 16.0 Å². The van der Waals surface area contributed by atoms with Crippen LogP contribution in [0.1, 0.15) is 41.2 Å². The van der Waals surface area contributed by atoms with Crippen molar-refractivity contribution in [3.63, 3.8) is 0 Å². The molecule has 1 atom stereocenters. The Morgan fingerprint density at radius 3 is 2.93 bits per heavy atom. The van der Waals surface area contributed by atoms with E-state index in [1.807, 2.05) is 24.2 Å². The molecule has 1 saturated carbocycles. The van der Waals surface area contributed by atoms with E-state index in [-0.39, 0.29) is 17.6 Å². The lowest BCUT2D eigenvalue weighted by molar-refractivity contribution is 0.102. The van der Waals surface area contributed by atoms with Crippen LogP contribution >= 0.6 is 0 Å². The van der Waals surface area contributed by atoms with E-state index >= 15 is 0 Å². The molecule has 3 aromatic rings. The number of carbonyl (C=O) groups is 1. The van der Waals surface area contributed by atoms with Gasteiger partial charge < -0.3 is 20.4 Å². The first-order valence-corrected chi connectivity index (χ1v) is 9.31. The number of nitrogens with one attached hydrogen (secondary N) is 1. The maximum Gasteiger partial charge on any atom is 0.298 e. The quantitative estimate of drug-likeness (QED) is 0.734. The summed E-state index contributed by atoms with van der Waals surface area (Å²) in [5, 5.41) is 8.50. The third-order valence-corrected chi connectivity index (χ3v) is 5.28. The van der Waals surface area contributed by atoms with Crippen molar-refractivity contribution in [2.75, 3.05) is 23.3 Å². The second kappa shape index (κ2) is 6.09. The van der Waals surface area contributed by atoms with E-state index in [0.717, 1.165) is 48.0 Å². The Morgan fingerprint density at radius 2 is 2.19 bits per heavy atom. The number of nitrogens with two attached hydrogens (primary N) is 1. The van der Waals surface area contributed by atoms with Gasteiger partial charge in [0.1, 0.15) is 6.26 Å². The van der Waals surface area contributed by atoms with E-state index in [1.165, 1.54) is 6.26 Å². The van der Waals surface area contributed by atoms with E-state index < -0.39 is 0 Å². The minimum Gasteiger partial charge on any atom is -0.431 e. The predicted octanol–water partition coefficient (Wildman–Crippen LogP) is 2.23. The molecule has 0 radical (unpaired) electrons. The minimum absolute atomic E-state index is 0.126. The summed E-state index contributed by atoms with van der Waals surface area (Å²) in [5.74, 6) is 0.226. The molecule has 27 heavy (non-hydrogen) atoms. The van der Waals surface area contributed by atoms with Crippen LogP contribution in [0.4, 0.5) is 11.7 Å². The van der Waals surface area contributed by atoms with Crippen LogP contribution in [0.5, 0.6) is 0 Å². The molecule has 0 unspecified atom stereocenters. The maximum absolute atomic E-state index is 12.7. The van der Waals surface area contributed by atoms with Gasteiger partial charge >= 0.3 is 0 Å². The molecule has 3 heterocycles.